The second-order valence-electron chi connectivity index (χ2n) is 7.01. The summed E-state index contributed by atoms with van der Waals surface area (Å²) in [7, 11) is 0. The zero-order valence-electron chi connectivity index (χ0n) is 15.7. The van der Waals surface area contributed by atoms with Crippen molar-refractivity contribution in [3.63, 3.8) is 0 Å². The standard InChI is InChI=1S/C22H24FNO3/c1-14(17-8-7-16-5-3-4-6-18(16)11-17)24-22(26)13-27-21-10-9-19(23)12-20(21)15(2)25/h7-12,14H,3-6,13H2,1-2H3,(H,24,26). The topological polar surface area (TPSA) is 55.4 Å². The van der Waals surface area contributed by atoms with Gasteiger partial charge in [-0.05, 0) is 74.4 Å². The van der Waals surface area contributed by atoms with Gasteiger partial charge in [-0.3, -0.25) is 9.59 Å². The van der Waals surface area contributed by atoms with Gasteiger partial charge in [0.15, 0.2) is 12.4 Å². The highest BCUT2D eigenvalue weighted by molar-refractivity contribution is 5.96. The monoisotopic (exact) mass is 369 g/mol. The molecule has 5 heteroatoms. The van der Waals surface area contributed by atoms with Crippen LogP contribution in [0.1, 0.15) is 59.8 Å². The Morgan fingerprint density at radius 3 is 2.59 bits per heavy atom. The van der Waals surface area contributed by atoms with Crippen LogP contribution >= 0.6 is 0 Å². The Balaban J connectivity index is 1.60. The van der Waals surface area contributed by atoms with Gasteiger partial charge in [-0.15, -0.1) is 0 Å². The molecular formula is C22H24FNO3. The van der Waals surface area contributed by atoms with Crippen LogP contribution in [0.2, 0.25) is 0 Å². The molecule has 2 aromatic carbocycles. The molecule has 0 saturated carbocycles. The normalized spacial score (nSPS) is 14.2. The number of hydrogen-bond acceptors (Lipinski definition) is 3. The Morgan fingerprint density at radius 1 is 1.11 bits per heavy atom. The van der Waals surface area contributed by atoms with Crippen LogP contribution in [-0.2, 0) is 17.6 Å². The zero-order valence-corrected chi connectivity index (χ0v) is 15.7. The summed E-state index contributed by atoms with van der Waals surface area (Å²) in [6, 6.07) is 9.93. The SMILES string of the molecule is CC(=O)c1cc(F)ccc1OCC(=O)NC(C)c1ccc2c(c1)CCCC2. The van der Waals surface area contributed by atoms with Gasteiger partial charge in [-0.25, -0.2) is 4.39 Å². The molecule has 1 aliphatic rings. The minimum Gasteiger partial charge on any atom is -0.483 e. The number of carbonyl (C=O) groups is 2. The van der Waals surface area contributed by atoms with Gasteiger partial charge in [-0.2, -0.15) is 0 Å². The summed E-state index contributed by atoms with van der Waals surface area (Å²) in [4.78, 5) is 23.8. The van der Waals surface area contributed by atoms with Crippen LogP contribution in [0, 0.1) is 5.82 Å². The molecule has 1 unspecified atom stereocenters. The summed E-state index contributed by atoms with van der Waals surface area (Å²) in [6.45, 7) is 3.03. The maximum atomic E-state index is 13.3. The molecular weight excluding hydrogens is 345 g/mol. The molecule has 142 valence electrons. The molecule has 1 amide bonds. The van der Waals surface area contributed by atoms with Gasteiger partial charge < -0.3 is 10.1 Å². The van der Waals surface area contributed by atoms with E-state index in [1.807, 2.05) is 6.92 Å². The van der Waals surface area contributed by atoms with Gasteiger partial charge in [0.05, 0.1) is 11.6 Å². The predicted molar refractivity (Wildman–Crippen MR) is 102 cm³/mol. The van der Waals surface area contributed by atoms with Crippen LogP contribution in [0.25, 0.3) is 0 Å². The van der Waals surface area contributed by atoms with E-state index in [2.05, 4.69) is 23.5 Å². The second kappa shape index (κ2) is 8.33. The Labute approximate surface area is 158 Å². The third-order valence-electron chi connectivity index (χ3n) is 4.93. The molecule has 1 N–H and O–H groups in total. The number of Topliss-reactive ketones (excluding diaryl/α,β-unsaturated/α-hetero) is 1. The van der Waals surface area contributed by atoms with Crippen molar-refractivity contribution in [1.82, 2.24) is 5.32 Å². The minimum absolute atomic E-state index is 0.130. The number of aryl methyl sites for hydroxylation is 2. The largest absolute Gasteiger partial charge is 0.483 e. The first-order valence-corrected chi connectivity index (χ1v) is 9.28. The Kier molecular flexibility index (Phi) is 5.89. The molecule has 0 saturated heterocycles. The lowest BCUT2D eigenvalue weighted by atomic mass is 9.89. The van der Waals surface area contributed by atoms with Crippen molar-refractivity contribution in [3.8, 4) is 5.75 Å². The average molecular weight is 369 g/mol. The van der Waals surface area contributed by atoms with Crippen LogP contribution in [-0.4, -0.2) is 18.3 Å². The molecule has 3 rings (SSSR count). The van der Waals surface area contributed by atoms with E-state index in [1.54, 1.807) is 0 Å². The van der Waals surface area contributed by atoms with Gasteiger partial charge in [0.2, 0.25) is 0 Å². The smallest absolute Gasteiger partial charge is 0.258 e. The number of rotatable bonds is 6. The van der Waals surface area contributed by atoms with Crippen molar-refractivity contribution in [2.45, 2.75) is 45.6 Å². The first-order valence-electron chi connectivity index (χ1n) is 9.28. The number of fused-ring (bicyclic) bond motifs is 1. The molecule has 27 heavy (non-hydrogen) atoms. The predicted octanol–water partition coefficient (Wildman–Crippen LogP) is 4.16. The molecule has 0 aromatic heterocycles. The van der Waals surface area contributed by atoms with E-state index < -0.39 is 5.82 Å². The fraction of sp³-hybridized carbons (Fsp3) is 0.364. The molecule has 0 aliphatic heterocycles. The fourth-order valence-electron chi connectivity index (χ4n) is 3.44. The van der Waals surface area contributed by atoms with Gasteiger partial charge in [-0.1, -0.05) is 18.2 Å². The third-order valence-corrected chi connectivity index (χ3v) is 4.93. The third kappa shape index (κ3) is 4.73. The summed E-state index contributed by atoms with van der Waals surface area (Å²) in [5.74, 6) is -0.912. The van der Waals surface area contributed by atoms with Crippen LogP contribution in [0.5, 0.6) is 5.75 Å². The van der Waals surface area contributed by atoms with Crippen molar-refractivity contribution in [3.05, 3.63) is 64.5 Å². The molecule has 0 spiro atoms. The lowest BCUT2D eigenvalue weighted by molar-refractivity contribution is -0.123. The lowest BCUT2D eigenvalue weighted by Crippen LogP contribution is -2.31. The van der Waals surface area contributed by atoms with E-state index in [0.717, 1.165) is 24.5 Å². The Bertz CT molecular complexity index is 863. The van der Waals surface area contributed by atoms with E-state index in [9.17, 15) is 14.0 Å². The first kappa shape index (κ1) is 19.1. The first-order chi connectivity index (χ1) is 12.9. The number of benzene rings is 2. The summed E-state index contributed by atoms with van der Waals surface area (Å²) >= 11 is 0. The molecule has 0 fully saturated rings. The highest BCUT2D eigenvalue weighted by Crippen LogP contribution is 2.25. The van der Waals surface area contributed by atoms with Crippen LogP contribution < -0.4 is 10.1 Å². The molecule has 1 atom stereocenters. The number of ketones is 1. The van der Waals surface area contributed by atoms with Crippen LogP contribution in [0.4, 0.5) is 4.39 Å². The van der Waals surface area contributed by atoms with Crippen molar-refractivity contribution in [2.24, 2.45) is 0 Å². The van der Waals surface area contributed by atoms with Gasteiger partial charge in [0.25, 0.3) is 5.91 Å². The summed E-state index contributed by atoms with van der Waals surface area (Å²) in [5, 5.41) is 2.91. The van der Waals surface area contributed by atoms with Gasteiger partial charge in [0, 0.05) is 0 Å². The minimum atomic E-state index is -0.516. The number of ether oxygens (including phenoxy) is 1. The molecule has 0 heterocycles. The quantitative estimate of drug-likeness (QED) is 0.778. The molecule has 1 aliphatic carbocycles. The average Bonchev–Trinajstić information content (AvgIpc) is 2.66. The Hall–Kier alpha value is -2.69. The van der Waals surface area contributed by atoms with Gasteiger partial charge in [0.1, 0.15) is 11.6 Å². The summed E-state index contributed by atoms with van der Waals surface area (Å²) < 4.78 is 18.7. The summed E-state index contributed by atoms with van der Waals surface area (Å²) in [5.41, 5.74) is 3.97. The summed E-state index contributed by atoms with van der Waals surface area (Å²) in [6.07, 6.45) is 4.66. The molecule has 4 nitrogen and oxygen atoms in total. The number of halogens is 1. The maximum absolute atomic E-state index is 13.3. The Morgan fingerprint density at radius 2 is 1.85 bits per heavy atom. The van der Waals surface area contributed by atoms with Crippen molar-refractivity contribution < 1.29 is 18.7 Å². The van der Waals surface area contributed by atoms with Crippen LogP contribution in [0.15, 0.2) is 36.4 Å². The van der Waals surface area contributed by atoms with E-state index in [4.69, 9.17) is 4.74 Å². The van der Waals surface area contributed by atoms with Crippen molar-refractivity contribution in [2.75, 3.05) is 6.61 Å². The van der Waals surface area contributed by atoms with Crippen molar-refractivity contribution >= 4 is 11.7 Å². The highest BCUT2D eigenvalue weighted by atomic mass is 19.1. The van der Waals surface area contributed by atoms with E-state index >= 15 is 0 Å². The number of carbonyl (C=O) groups excluding carboxylic acids is 2. The second-order valence-corrected chi connectivity index (χ2v) is 7.01. The molecule has 0 radical (unpaired) electrons. The fourth-order valence-corrected chi connectivity index (χ4v) is 3.44. The zero-order chi connectivity index (χ0) is 19.4. The van der Waals surface area contributed by atoms with E-state index in [-0.39, 0.29) is 35.7 Å². The number of hydrogen-bond donors (Lipinski definition) is 1. The number of nitrogens with one attached hydrogen (secondary N) is 1. The van der Waals surface area contributed by atoms with E-state index in [1.165, 1.54) is 43.0 Å². The van der Waals surface area contributed by atoms with E-state index in [0.29, 0.717) is 0 Å². The highest BCUT2D eigenvalue weighted by Gasteiger charge is 2.16. The number of amides is 1. The van der Waals surface area contributed by atoms with Crippen molar-refractivity contribution in [1.29, 1.82) is 0 Å². The lowest BCUT2D eigenvalue weighted by Gasteiger charge is -2.20. The van der Waals surface area contributed by atoms with Crippen LogP contribution in [0.3, 0.4) is 0 Å². The van der Waals surface area contributed by atoms with Gasteiger partial charge >= 0.3 is 0 Å². The molecule has 0 bridgehead atoms. The molecule has 2 aromatic rings. The maximum Gasteiger partial charge on any atom is 0.258 e.